The van der Waals surface area contributed by atoms with Crippen molar-refractivity contribution in [2.24, 2.45) is 5.92 Å². The molecule has 4 rings (SSSR count). The second-order valence-electron chi connectivity index (χ2n) is 13.6. The molecule has 0 saturated carbocycles. The third-order valence-electron chi connectivity index (χ3n) is 7.76. The van der Waals surface area contributed by atoms with E-state index in [1.165, 1.54) is 11.7 Å². The van der Waals surface area contributed by atoms with Crippen LogP contribution in [0.2, 0.25) is 25.7 Å². The lowest BCUT2D eigenvalue weighted by Gasteiger charge is -2.27. The zero-order chi connectivity index (χ0) is 33.3. The number of carbonyl (C=O) groups excluding carboxylic acids is 2. The molecule has 0 aliphatic heterocycles. The monoisotopic (exact) mass is 632 g/mol. The first-order valence-electron chi connectivity index (χ1n) is 15.1. The van der Waals surface area contributed by atoms with Crippen molar-refractivity contribution in [2.45, 2.75) is 78.6 Å². The van der Waals surface area contributed by atoms with Crippen LogP contribution < -0.4 is 4.74 Å². The van der Waals surface area contributed by atoms with Gasteiger partial charge >= 0.3 is 12.1 Å². The topological polar surface area (TPSA) is 118 Å². The van der Waals surface area contributed by atoms with E-state index >= 15 is 0 Å². The van der Waals surface area contributed by atoms with Crippen LogP contribution in [0.25, 0.3) is 21.9 Å². The fourth-order valence-corrected chi connectivity index (χ4v) is 6.29. The summed E-state index contributed by atoms with van der Waals surface area (Å²) in [7, 11) is 1.59. The molecule has 0 saturated heterocycles. The minimum Gasteiger partial charge on any atom is -0.496 e. The number of fused-ring (bicyclic) bond motifs is 2. The minimum absolute atomic E-state index is 0.197. The van der Waals surface area contributed by atoms with Crippen molar-refractivity contribution >= 4 is 42.1 Å². The molecule has 0 spiro atoms. The zero-order valence-electron chi connectivity index (χ0n) is 28.0. The van der Waals surface area contributed by atoms with Crippen LogP contribution in [0.5, 0.6) is 5.75 Å². The van der Waals surface area contributed by atoms with Crippen LogP contribution in [0.4, 0.5) is 4.79 Å². The van der Waals surface area contributed by atoms with Crippen LogP contribution >= 0.6 is 0 Å². The van der Waals surface area contributed by atoms with Gasteiger partial charge in [-0.2, -0.15) is 5.26 Å². The van der Waals surface area contributed by atoms with Crippen LogP contribution in [-0.2, 0) is 25.7 Å². The van der Waals surface area contributed by atoms with Gasteiger partial charge in [-0.1, -0.05) is 26.6 Å². The number of nitriles is 1. The van der Waals surface area contributed by atoms with Crippen molar-refractivity contribution < 1.29 is 28.5 Å². The largest absolute Gasteiger partial charge is 0.496 e. The molecule has 2 atom stereocenters. The Bertz CT molecular complexity index is 1770. The molecule has 45 heavy (non-hydrogen) atoms. The fraction of sp³-hybridized carbons (Fsp3) is 0.471. The molecule has 2 heterocycles. The molecule has 10 nitrogen and oxygen atoms in total. The maximum atomic E-state index is 13.3. The van der Waals surface area contributed by atoms with Gasteiger partial charge in [-0.25, -0.2) is 9.78 Å². The van der Waals surface area contributed by atoms with Gasteiger partial charge in [-0.3, -0.25) is 9.36 Å². The number of aromatic nitrogens is 3. The molecule has 2 aromatic carbocycles. The standard InChI is InChI=1S/C34H44N4O6Si/c1-21-17-27(41-6)29(24-13-14-37(30(21)24)33(40)44-34(3,4)5)28(22(2)32(39)42-7)31-36-25-18-23(19-35)11-12-26(25)38(31)20-43-15-16-45(8,9)10/h11-14,17-18,22,28H,15-16,20H2,1-10H3. The van der Waals surface area contributed by atoms with Gasteiger partial charge in [0.05, 0.1) is 54.2 Å². The second-order valence-corrected chi connectivity index (χ2v) is 19.2. The van der Waals surface area contributed by atoms with E-state index in [0.29, 0.717) is 40.3 Å². The number of carbonyl (C=O) groups is 2. The highest BCUT2D eigenvalue weighted by molar-refractivity contribution is 6.76. The number of aryl methyl sites for hydroxylation is 1. The average Bonchev–Trinajstić information content (AvgIpc) is 3.56. The first-order chi connectivity index (χ1) is 21.1. The molecule has 0 N–H and O–H groups in total. The molecule has 0 fully saturated rings. The van der Waals surface area contributed by atoms with Crippen molar-refractivity contribution in [3.8, 4) is 11.8 Å². The van der Waals surface area contributed by atoms with Crippen molar-refractivity contribution in [2.75, 3.05) is 20.8 Å². The van der Waals surface area contributed by atoms with Gasteiger partial charge in [0.25, 0.3) is 0 Å². The Labute approximate surface area is 265 Å². The Morgan fingerprint density at radius 1 is 1.11 bits per heavy atom. The normalized spacial score (nSPS) is 13.4. The van der Waals surface area contributed by atoms with E-state index in [1.54, 1.807) is 32.4 Å². The predicted molar refractivity (Wildman–Crippen MR) is 176 cm³/mol. The van der Waals surface area contributed by atoms with Gasteiger partial charge in [0.2, 0.25) is 0 Å². The first kappa shape index (κ1) is 33.7. The van der Waals surface area contributed by atoms with Crippen LogP contribution in [0, 0.1) is 24.2 Å². The lowest BCUT2D eigenvalue weighted by molar-refractivity contribution is -0.145. The van der Waals surface area contributed by atoms with E-state index in [1.807, 2.05) is 50.5 Å². The Balaban J connectivity index is 2.01. The molecule has 2 unspecified atom stereocenters. The number of methoxy groups -OCH3 is 2. The van der Waals surface area contributed by atoms with E-state index in [9.17, 15) is 14.9 Å². The summed E-state index contributed by atoms with van der Waals surface area (Å²) in [5.41, 5.74) is 3.27. The van der Waals surface area contributed by atoms with Crippen molar-refractivity contribution in [3.05, 3.63) is 59.0 Å². The van der Waals surface area contributed by atoms with Crippen LogP contribution in [-0.4, -0.2) is 60.7 Å². The third kappa shape index (κ3) is 7.23. The van der Waals surface area contributed by atoms with Crippen LogP contribution in [0.15, 0.2) is 36.5 Å². The Morgan fingerprint density at radius 3 is 2.42 bits per heavy atom. The molecule has 240 valence electrons. The second kappa shape index (κ2) is 13.1. The molecular formula is C34H44N4O6Si. The molecule has 2 aromatic heterocycles. The predicted octanol–water partition coefficient (Wildman–Crippen LogP) is 7.22. The highest BCUT2D eigenvalue weighted by Gasteiger charge is 2.37. The summed E-state index contributed by atoms with van der Waals surface area (Å²) < 4.78 is 26.6. The van der Waals surface area contributed by atoms with Crippen LogP contribution in [0.1, 0.15) is 56.1 Å². The van der Waals surface area contributed by atoms with Gasteiger partial charge in [0.1, 0.15) is 23.9 Å². The SMILES string of the molecule is COC(=O)C(C)C(c1c(OC)cc(C)c2c1ccn2C(=O)OC(C)(C)C)c1nc2cc(C#N)ccc2n1COCC[Si](C)(C)C. The Morgan fingerprint density at radius 2 is 1.82 bits per heavy atom. The number of nitrogens with zero attached hydrogens (tertiary/aromatic N) is 4. The van der Waals surface area contributed by atoms with Gasteiger partial charge in [-0.05, 0) is 69.6 Å². The van der Waals surface area contributed by atoms with Crippen molar-refractivity contribution in [1.82, 2.24) is 14.1 Å². The number of benzene rings is 2. The number of esters is 1. The summed E-state index contributed by atoms with van der Waals surface area (Å²) in [4.78, 5) is 31.7. The van der Waals surface area contributed by atoms with Gasteiger partial charge in [-0.15, -0.1) is 0 Å². The Hall–Kier alpha value is -4.14. The summed E-state index contributed by atoms with van der Waals surface area (Å²) >= 11 is 0. The summed E-state index contributed by atoms with van der Waals surface area (Å²) in [6.45, 7) is 16.8. The molecule has 0 aliphatic carbocycles. The fourth-order valence-electron chi connectivity index (χ4n) is 5.53. The van der Waals surface area contributed by atoms with Crippen molar-refractivity contribution in [3.63, 3.8) is 0 Å². The van der Waals surface area contributed by atoms with E-state index in [4.69, 9.17) is 23.9 Å². The number of hydrogen-bond donors (Lipinski definition) is 0. The quantitative estimate of drug-likeness (QED) is 0.102. The van der Waals surface area contributed by atoms with Gasteiger partial charge < -0.3 is 23.5 Å². The highest BCUT2D eigenvalue weighted by atomic mass is 28.3. The van der Waals surface area contributed by atoms with Crippen molar-refractivity contribution in [1.29, 1.82) is 5.26 Å². The van der Waals surface area contributed by atoms with E-state index in [-0.39, 0.29) is 6.73 Å². The molecular weight excluding hydrogens is 588 g/mol. The van der Waals surface area contributed by atoms with E-state index in [0.717, 1.165) is 22.5 Å². The van der Waals surface area contributed by atoms with Gasteiger partial charge in [0, 0.05) is 31.8 Å². The maximum Gasteiger partial charge on any atom is 0.419 e. The number of imidazole rings is 1. The molecule has 0 bridgehead atoms. The van der Waals surface area contributed by atoms with E-state index < -0.39 is 37.6 Å². The lowest BCUT2D eigenvalue weighted by atomic mass is 9.83. The molecule has 11 heteroatoms. The van der Waals surface area contributed by atoms with Crippen LogP contribution in [0.3, 0.4) is 0 Å². The smallest absolute Gasteiger partial charge is 0.419 e. The molecule has 0 amide bonds. The summed E-state index contributed by atoms with van der Waals surface area (Å²) in [6.07, 6.45) is 1.16. The average molecular weight is 633 g/mol. The summed E-state index contributed by atoms with van der Waals surface area (Å²) in [6, 6.07) is 12.2. The summed E-state index contributed by atoms with van der Waals surface area (Å²) in [5, 5.41) is 10.3. The third-order valence-corrected chi connectivity index (χ3v) is 9.46. The molecule has 0 radical (unpaired) electrons. The van der Waals surface area contributed by atoms with Gasteiger partial charge in [0.15, 0.2) is 0 Å². The first-order valence-corrected chi connectivity index (χ1v) is 18.8. The lowest BCUT2D eigenvalue weighted by Crippen LogP contribution is -2.27. The number of rotatable bonds is 10. The highest BCUT2D eigenvalue weighted by Crippen LogP contribution is 2.44. The Kier molecular flexibility index (Phi) is 9.80. The number of ether oxygens (including phenoxy) is 4. The maximum absolute atomic E-state index is 13.3. The number of hydrogen-bond acceptors (Lipinski definition) is 8. The zero-order valence-corrected chi connectivity index (χ0v) is 29.0. The summed E-state index contributed by atoms with van der Waals surface area (Å²) in [5.74, 6) is -0.729. The molecule has 4 aromatic rings. The van der Waals surface area contributed by atoms with E-state index in [2.05, 4.69) is 25.7 Å². The molecule has 0 aliphatic rings. The minimum atomic E-state index is -1.35.